The molecule has 0 saturated heterocycles. The first-order valence-electron chi connectivity index (χ1n) is 13.9. The second-order valence-electron chi connectivity index (χ2n) is 9.86. The molecule has 0 amide bonds. The third-order valence-corrected chi connectivity index (χ3v) is 17.4. The average Bonchev–Trinajstić information content (AvgIpc) is 2.96. The molecule has 3 aromatic rings. The fourth-order valence-electron chi connectivity index (χ4n) is 5.18. The van der Waals surface area contributed by atoms with Gasteiger partial charge in [-0.1, -0.05) is 102 Å². The first-order chi connectivity index (χ1) is 17.5. The summed E-state index contributed by atoms with van der Waals surface area (Å²) in [6, 6.07) is 30.3. The van der Waals surface area contributed by atoms with E-state index in [4.69, 9.17) is 13.8 Å². The smallest absolute Gasteiger partial charge is 0.193 e. The van der Waals surface area contributed by atoms with Gasteiger partial charge in [-0.15, -0.1) is 0 Å². The average molecular weight is 520 g/mol. The van der Waals surface area contributed by atoms with Gasteiger partial charge in [0.25, 0.3) is 0 Å². The zero-order chi connectivity index (χ0) is 26.0. The number of nitrogens with zero attached hydrogens (tertiary/aromatic N) is 1. The normalized spacial score (nSPS) is 13.9. The molecule has 0 N–H and O–H groups in total. The molecule has 0 bridgehead atoms. The van der Waals surface area contributed by atoms with Crippen LogP contribution in [0.15, 0.2) is 79.1 Å². The van der Waals surface area contributed by atoms with Crippen LogP contribution in [0.25, 0.3) is 0 Å². The van der Waals surface area contributed by atoms with Crippen molar-refractivity contribution in [1.82, 2.24) is 4.98 Å². The molecular weight excluding hydrogens is 475 g/mol. The lowest BCUT2D eigenvalue weighted by molar-refractivity contribution is 0.222. The van der Waals surface area contributed by atoms with Crippen LogP contribution in [0.4, 0.5) is 0 Å². The standard InChI is InChI=1S/C31H45NO2Si2/c1-7-35(8-2,9-3)33-30(26-19-15-13-16-20-26)28-23-29(25-32-24-28)31(27-21-17-14-18-22-27)34-36(10-4,11-5)12-6/h13-25,30-31H,7-12H2,1-6H3/t30-,31+. The molecule has 0 saturated carbocycles. The van der Waals surface area contributed by atoms with E-state index < -0.39 is 16.6 Å². The number of hydrogen-bond donors (Lipinski definition) is 0. The van der Waals surface area contributed by atoms with E-state index in [9.17, 15) is 0 Å². The molecule has 194 valence electrons. The molecule has 0 spiro atoms. The summed E-state index contributed by atoms with van der Waals surface area (Å²) in [7, 11) is -3.72. The van der Waals surface area contributed by atoms with Gasteiger partial charge >= 0.3 is 0 Å². The van der Waals surface area contributed by atoms with E-state index in [0.717, 1.165) is 47.4 Å². The van der Waals surface area contributed by atoms with Crippen LogP contribution in [-0.4, -0.2) is 21.6 Å². The van der Waals surface area contributed by atoms with E-state index in [2.05, 4.69) is 108 Å². The van der Waals surface area contributed by atoms with E-state index in [-0.39, 0.29) is 12.2 Å². The maximum absolute atomic E-state index is 7.13. The first kappa shape index (κ1) is 28.5. The van der Waals surface area contributed by atoms with Crippen LogP contribution in [0.3, 0.4) is 0 Å². The van der Waals surface area contributed by atoms with Crippen molar-refractivity contribution < 1.29 is 8.85 Å². The Bertz CT molecular complexity index is 939. The Morgan fingerprint density at radius 1 is 0.528 bits per heavy atom. The molecule has 3 rings (SSSR count). The van der Waals surface area contributed by atoms with Crippen LogP contribution in [0.1, 0.15) is 76.0 Å². The summed E-state index contributed by atoms with van der Waals surface area (Å²) in [4.78, 5) is 4.76. The summed E-state index contributed by atoms with van der Waals surface area (Å²) >= 11 is 0. The zero-order valence-electron chi connectivity index (χ0n) is 23.2. The molecule has 36 heavy (non-hydrogen) atoms. The van der Waals surface area contributed by atoms with Gasteiger partial charge in [0.05, 0.1) is 12.2 Å². The van der Waals surface area contributed by atoms with E-state index >= 15 is 0 Å². The summed E-state index contributed by atoms with van der Waals surface area (Å²) in [5.74, 6) is 0. The van der Waals surface area contributed by atoms with Crippen molar-refractivity contribution in [2.75, 3.05) is 0 Å². The van der Waals surface area contributed by atoms with E-state index in [0.29, 0.717) is 0 Å². The van der Waals surface area contributed by atoms with Crippen LogP contribution in [0, 0.1) is 0 Å². The SMILES string of the molecule is CC[Si](CC)(CC)O[C@H](c1ccccc1)c1cncc([C@@H](O[Si](CC)(CC)CC)c2ccccc2)c1. The minimum absolute atomic E-state index is 0.118. The monoisotopic (exact) mass is 519 g/mol. The minimum Gasteiger partial charge on any atom is -0.406 e. The maximum Gasteiger partial charge on any atom is 0.193 e. The Morgan fingerprint density at radius 3 is 1.17 bits per heavy atom. The topological polar surface area (TPSA) is 31.4 Å². The summed E-state index contributed by atoms with van der Waals surface area (Å²) in [5, 5.41) is 0. The quantitative estimate of drug-likeness (QED) is 0.199. The van der Waals surface area contributed by atoms with Crippen molar-refractivity contribution in [3.05, 3.63) is 101 Å². The zero-order valence-corrected chi connectivity index (χ0v) is 25.2. The van der Waals surface area contributed by atoms with Gasteiger partial charge in [-0.2, -0.15) is 0 Å². The van der Waals surface area contributed by atoms with Gasteiger partial charge in [0.15, 0.2) is 16.6 Å². The van der Waals surface area contributed by atoms with Crippen molar-refractivity contribution in [3.63, 3.8) is 0 Å². The van der Waals surface area contributed by atoms with Crippen molar-refractivity contribution in [3.8, 4) is 0 Å². The largest absolute Gasteiger partial charge is 0.406 e. The Morgan fingerprint density at radius 2 is 0.861 bits per heavy atom. The Labute approximate surface area is 221 Å². The lowest BCUT2D eigenvalue weighted by atomic mass is 9.98. The fraction of sp³-hybridized carbons (Fsp3) is 0.452. The van der Waals surface area contributed by atoms with Crippen LogP contribution in [0.2, 0.25) is 36.3 Å². The van der Waals surface area contributed by atoms with Crippen molar-refractivity contribution in [2.45, 2.75) is 90.0 Å². The highest BCUT2D eigenvalue weighted by Gasteiger charge is 2.35. The number of aromatic nitrogens is 1. The van der Waals surface area contributed by atoms with E-state index in [1.165, 1.54) is 11.1 Å². The third-order valence-electron chi connectivity index (χ3n) is 8.19. The first-order valence-corrected chi connectivity index (χ1v) is 18.9. The van der Waals surface area contributed by atoms with Crippen LogP contribution in [-0.2, 0) is 8.85 Å². The van der Waals surface area contributed by atoms with E-state index in [1.807, 2.05) is 12.4 Å². The third kappa shape index (κ3) is 6.63. The summed E-state index contributed by atoms with van der Waals surface area (Å²) < 4.78 is 14.3. The second kappa shape index (κ2) is 13.5. The number of rotatable bonds is 14. The molecule has 5 heteroatoms. The lowest BCUT2D eigenvalue weighted by Gasteiger charge is -2.35. The molecule has 0 aliphatic heterocycles. The van der Waals surface area contributed by atoms with Gasteiger partial charge in [-0.05, 0) is 53.5 Å². The number of hydrogen-bond acceptors (Lipinski definition) is 3. The van der Waals surface area contributed by atoms with E-state index in [1.54, 1.807) is 0 Å². The van der Waals surface area contributed by atoms with Crippen LogP contribution >= 0.6 is 0 Å². The molecule has 1 heterocycles. The fourth-order valence-corrected chi connectivity index (χ4v) is 10.7. The molecule has 0 fully saturated rings. The lowest BCUT2D eigenvalue weighted by Crippen LogP contribution is -2.38. The van der Waals surface area contributed by atoms with Gasteiger partial charge in [-0.25, -0.2) is 0 Å². The summed E-state index contributed by atoms with van der Waals surface area (Å²) in [6.45, 7) is 13.7. The predicted molar refractivity (Wildman–Crippen MR) is 157 cm³/mol. The van der Waals surface area contributed by atoms with Gasteiger partial charge in [0, 0.05) is 23.5 Å². The molecule has 0 aliphatic carbocycles. The Hall–Kier alpha value is -2.06. The van der Waals surface area contributed by atoms with Gasteiger partial charge < -0.3 is 8.85 Å². The van der Waals surface area contributed by atoms with Gasteiger partial charge in [0.2, 0.25) is 0 Å². The Balaban J connectivity index is 2.10. The minimum atomic E-state index is -1.86. The molecular formula is C31H45NO2Si2. The second-order valence-corrected chi connectivity index (χ2v) is 19.3. The molecule has 3 nitrogen and oxygen atoms in total. The van der Waals surface area contributed by atoms with Crippen molar-refractivity contribution in [1.29, 1.82) is 0 Å². The highest BCUT2D eigenvalue weighted by molar-refractivity contribution is 6.74. The predicted octanol–water partition coefficient (Wildman–Crippen LogP) is 9.30. The highest BCUT2D eigenvalue weighted by atomic mass is 28.4. The molecule has 0 radical (unpaired) electrons. The Kier molecular flexibility index (Phi) is 10.7. The summed E-state index contributed by atoms with van der Waals surface area (Å²) in [5.41, 5.74) is 4.62. The van der Waals surface area contributed by atoms with Gasteiger partial charge in [0.1, 0.15) is 0 Å². The molecule has 2 aromatic carbocycles. The number of benzene rings is 2. The maximum atomic E-state index is 7.13. The summed E-state index contributed by atoms with van der Waals surface area (Å²) in [6.07, 6.45) is 3.75. The van der Waals surface area contributed by atoms with Crippen LogP contribution < -0.4 is 0 Å². The molecule has 0 unspecified atom stereocenters. The molecule has 2 atom stereocenters. The molecule has 0 aliphatic rings. The number of pyridine rings is 1. The highest BCUT2D eigenvalue weighted by Crippen LogP contribution is 2.38. The van der Waals surface area contributed by atoms with Gasteiger partial charge in [-0.3, -0.25) is 4.98 Å². The van der Waals surface area contributed by atoms with Crippen LogP contribution in [0.5, 0.6) is 0 Å². The molecule has 1 aromatic heterocycles. The van der Waals surface area contributed by atoms with Crippen molar-refractivity contribution in [2.24, 2.45) is 0 Å². The van der Waals surface area contributed by atoms with Crippen molar-refractivity contribution >= 4 is 16.6 Å².